The van der Waals surface area contributed by atoms with Gasteiger partial charge >= 0.3 is 0 Å². The zero-order chi connectivity index (χ0) is 8.97. The highest BCUT2D eigenvalue weighted by molar-refractivity contribution is 5.78. The molecule has 1 aromatic carbocycles. The summed E-state index contributed by atoms with van der Waals surface area (Å²) in [5.74, 6) is 0.171. The Morgan fingerprint density at radius 2 is 2.17 bits per heavy atom. The molecule has 0 saturated carbocycles. The van der Waals surface area contributed by atoms with Gasteiger partial charge in [0.25, 0.3) is 0 Å². The van der Waals surface area contributed by atoms with Gasteiger partial charge in [0.1, 0.15) is 12.0 Å². The molecule has 0 spiro atoms. The molecule has 0 heterocycles. The Bertz CT molecular complexity index is 302. The van der Waals surface area contributed by atoms with E-state index in [-0.39, 0.29) is 12.2 Å². The Morgan fingerprint density at radius 1 is 1.50 bits per heavy atom. The minimum absolute atomic E-state index is 0.171. The van der Waals surface area contributed by atoms with Gasteiger partial charge in [-0.1, -0.05) is 24.8 Å². The fourth-order valence-corrected chi connectivity index (χ4v) is 0.983. The molecule has 12 heavy (non-hydrogen) atoms. The number of para-hydroxylation sites is 1. The predicted molar refractivity (Wildman–Crippen MR) is 47.8 cm³/mol. The molecule has 62 valence electrons. The summed E-state index contributed by atoms with van der Waals surface area (Å²) in [7, 11) is 0. The van der Waals surface area contributed by atoms with Gasteiger partial charge < -0.3 is 9.90 Å². The predicted octanol–water partition coefficient (Wildman–Crippen LogP) is 1.99. The van der Waals surface area contributed by atoms with Crippen molar-refractivity contribution < 1.29 is 9.90 Å². The van der Waals surface area contributed by atoms with Gasteiger partial charge in [0.05, 0.1) is 0 Å². The second-order valence-corrected chi connectivity index (χ2v) is 2.49. The van der Waals surface area contributed by atoms with Gasteiger partial charge in [-0.2, -0.15) is 0 Å². The summed E-state index contributed by atoms with van der Waals surface area (Å²) in [6, 6.07) is 6.84. The number of phenols is 1. The van der Waals surface area contributed by atoms with Crippen LogP contribution in [0.15, 0.2) is 30.8 Å². The van der Waals surface area contributed by atoms with Crippen molar-refractivity contribution in [2.75, 3.05) is 0 Å². The molecule has 1 rings (SSSR count). The number of aromatic hydroxyl groups is 1. The third-order valence-corrected chi connectivity index (χ3v) is 1.61. The van der Waals surface area contributed by atoms with E-state index in [1.165, 1.54) is 0 Å². The van der Waals surface area contributed by atoms with Gasteiger partial charge in [0.15, 0.2) is 0 Å². The maximum Gasteiger partial charge on any atom is 0.124 e. The third-order valence-electron chi connectivity index (χ3n) is 1.61. The Morgan fingerprint density at radius 3 is 2.75 bits per heavy atom. The van der Waals surface area contributed by atoms with Crippen LogP contribution in [0.25, 0.3) is 5.57 Å². The number of phenolic OH excluding ortho intramolecular Hbond substituents is 1. The fraction of sp³-hybridized carbons (Fsp3) is 0.100. The first-order chi connectivity index (χ1) is 5.75. The molecule has 0 radical (unpaired) electrons. The topological polar surface area (TPSA) is 37.3 Å². The average Bonchev–Trinajstić information content (AvgIpc) is 2.05. The molecule has 2 heteroatoms. The Hall–Kier alpha value is -1.57. The second kappa shape index (κ2) is 3.72. The molecule has 0 unspecified atom stereocenters. The molecule has 0 aliphatic rings. The smallest absolute Gasteiger partial charge is 0.124 e. The van der Waals surface area contributed by atoms with E-state index in [1.807, 2.05) is 0 Å². The Kier molecular flexibility index (Phi) is 2.64. The van der Waals surface area contributed by atoms with Crippen molar-refractivity contribution in [2.45, 2.75) is 6.42 Å². The largest absolute Gasteiger partial charge is 0.507 e. The van der Waals surface area contributed by atoms with Crippen molar-refractivity contribution in [2.24, 2.45) is 0 Å². The lowest BCUT2D eigenvalue weighted by molar-refractivity contribution is -0.107. The van der Waals surface area contributed by atoms with Crippen molar-refractivity contribution in [3.05, 3.63) is 36.4 Å². The van der Waals surface area contributed by atoms with E-state index >= 15 is 0 Å². The lowest BCUT2D eigenvalue weighted by Crippen LogP contribution is -1.84. The van der Waals surface area contributed by atoms with Gasteiger partial charge in [-0.3, -0.25) is 0 Å². The molecule has 0 fully saturated rings. The maximum absolute atomic E-state index is 10.2. The average molecular weight is 162 g/mol. The first-order valence-electron chi connectivity index (χ1n) is 3.65. The number of rotatable bonds is 3. The van der Waals surface area contributed by atoms with Gasteiger partial charge in [0.2, 0.25) is 0 Å². The van der Waals surface area contributed by atoms with Crippen LogP contribution >= 0.6 is 0 Å². The quantitative estimate of drug-likeness (QED) is 0.690. The molecule has 1 aromatic rings. The Labute approximate surface area is 71.2 Å². The summed E-state index contributed by atoms with van der Waals surface area (Å²) in [6.07, 6.45) is 1.03. The van der Waals surface area contributed by atoms with Crippen molar-refractivity contribution in [1.82, 2.24) is 0 Å². The SMILES string of the molecule is C=C(CC=O)c1ccccc1O. The van der Waals surface area contributed by atoms with E-state index < -0.39 is 0 Å². The van der Waals surface area contributed by atoms with E-state index in [1.54, 1.807) is 24.3 Å². The number of benzene rings is 1. The third kappa shape index (κ3) is 1.72. The lowest BCUT2D eigenvalue weighted by Gasteiger charge is -2.03. The Balaban J connectivity index is 2.94. The van der Waals surface area contributed by atoms with Crippen LogP contribution < -0.4 is 0 Å². The van der Waals surface area contributed by atoms with E-state index in [2.05, 4.69) is 6.58 Å². The second-order valence-electron chi connectivity index (χ2n) is 2.49. The van der Waals surface area contributed by atoms with Crippen molar-refractivity contribution in [3.63, 3.8) is 0 Å². The number of carbonyl (C=O) groups excluding carboxylic acids is 1. The van der Waals surface area contributed by atoms with E-state index in [0.29, 0.717) is 11.1 Å². The number of aldehydes is 1. The zero-order valence-corrected chi connectivity index (χ0v) is 6.66. The van der Waals surface area contributed by atoms with Crippen LogP contribution in [0.3, 0.4) is 0 Å². The monoisotopic (exact) mass is 162 g/mol. The van der Waals surface area contributed by atoms with E-state index in [0.717, 1.165) is 6.29 Å². The molecule has 2 nitrogen and oxygen atoms in total. The summed E-state index contributed by atoms with van der Waals surface area (Å²) in [4.78, 5) is 10.2. The number of hydrogen-bond donors (Lipinski definition) is 1. The van der Waals surface area contributed by atoms with Gasteiger partial charge in [-0.05, 0) is 11.6 Å². The van der Waals surface area contributed by atoms with Crippen LogP contribution in [0.2, 0.25) is 0 Å². The molecular formula is C10H10O2. The minimum Gasteiger partial charge on any atom is -0.507 e. The molecule has 0 saturated heterocycles. The molecule has 0 aliphatic heterocycles. The molecule has 0 amide bonds. The summed E-state index contributed by atoms with van der Waals surface area (Å²) in [5.41, 5.74) is 1.28. The highest BCUT2D eigenvalue weighted by Gasteiger charge is 2.02. The molecule has 0 aromatic heterocycles. The van der Waals surface area contributed by atoms with Crippen LogP contribution in [0.5, 0.6) is 5.75 Å². The normalized spacial score (nSPS) is 9.33. The zero-order valence-electron chi connectivity index (χ0n) is 6.66. The van der Waals surface area contributed by atoms with Gasteiger partial charge in [0, 0.05) is 12.0 Å². The van der Waals surface area contributed by atoms with Crippen molar-refractivity contribution in [3.8, 4) is 5.75 Å². The number of carbonyl (C=O) groups is 1. The van der Waals surface area contributed by atoms with Crippen molar-refractivity contribution in [1.29, 1.82) is 0 Å². The van der Waals surface area contributed by atoms with Gasteiger partial charge in [-0.25, -0.2) is 0 Å². The first kappa shape index (κ1) is 8.53. The molecule has 0 aliphatic carbocycles. The van der Waals surface area contributed by atoms with Crippen LogP contribution in [-0.4, -0.2) is 11.4 Å². The molecular weight excluding hydrogens is 152 g/mol. The van der Waals surface area contributed by atoms with Crippen LogP contribution in [0.1, 0.15) is 12.0 Å². The lowest BCUT2D eigenvalue weighted by atomic mass is 10.0. The van der Waals surface area contributed by atoms with Crippen LogP contribution in [0, 0.1) is 0 Å². The summed E-state index contributed by atoms with van der Waals surface area (Å²) in [6.45, 7) is 3.68. The van der Waals surface area contributed by atoms with Crippen LogP contribution in [0.4, 0.5) is 0 Å². The van der Waals surface area contributed by atoms with E-state index in [9.17, 15) is 9.90 Å². The molecule has 1 N–H and O–H groups in total. The summed E-state index contributed by atoms with van der Waals surface area (Å²) >= 11 is 0. The molecule has 0 atom stereocenters. The van der Waals surface area contributed by atoms with Crippen molar-refractivity contribution >= 4 is 11.9 Å². The fourth-order valence-electron chi connectivity index (χ4n) is 0.983. The summed E-state index contributed by atoms with van der Waals surface area (Å²) < 4.78 is 0. The minimum atomic E-state index is 0.171. The van der Waals surface area contributed by atoms with Crippen LogP contribution in [-0.2, 0) is 4.79 Å². The highest BCUT2D eigenvalue weighted by Crippen LogP contribution is 2.24. The van der Waals surface area contributed by atoms with E-state index in [4.69, 9.17) is 0 Å². The van der Waals surface area contributed by atoms with Gasteiger partial charge in [-0.15, -0.1) is 0 Å². The summed E-state index contributed by atoms with van der Waals surface area (Å²) in [5, 5.41) is 9.33. The number of hydrogen-bond acceptors (Lipinski definition) is 2. The highest BCUT2D eigenvalue weighted by atomic mass is 16.3. The maximum atomic E-state index is 10.2. The standard InChI is InChI=1S/C10H10O2/c1-8(6-7-11)9-4-2-3-5-10(9)12/h2-5,7,12H,1,6H2. The number of allylic oxidation sites excluding steroid dienone is 1. The molecule has 0 bridgehead atoms. The first-order valence-corrected chi connectivity index (χ1v) is 3.65.